The molecular formula is C7H9N2O3-. The molecule has 66 valence electrons. The minimum Gasteiger partial charge on any atom is -0.733 e. The lowest BCUT2D eigenvalue weighted by Gasteiger charge is -2.23. The third-order valence-electron chi connectivity index (χ3n) is 1.27. The summed E-state index contributed by atoms with van der Waals surface area (Å²) in [7, 11) is 0. The summed E-state index contributed by atoms with van der Waals surface area (Å²) in [6, 6.07) is 1.51. The number of pyridine rings is 1. The molecule has 0 bridgehead atoms. The zero-order chi connectivity index (χ0) is 8.97. The van der Waals surface area contributed by atoms with E-state index < -0.39 is 0 Å². The third-order valence-corrected chi connectivity index (χ3v) is 1.27. The molecule has 1 aromatic heterocycles. The molecule has 5 nitrogen and oxygen atoms in total. The van der Waals surface area contributed by atoms with Gasteiger partial charge in [0, 0.05) is 12.3 Å². The molecule has 0 aliphatic rings. The average Bonchev–Trinajstić information content (AvgIpc) is 2.05. The van der Waals surface area contributed by atoms with Crippen molar-refractivity contribution in [3.05, 3.63) is 23.7 Å². The maximum absolute atomic E-state index is 10.5. The third kappa shape index (κ3) is 1.84. The van der Waals surface area contributed by atoms with E-state index >= 15 is 0 Å². The van der Waals surface area contributed by atoms with Gasteiger partial charge in [-0.25, -0.2) is 0 Å². The Morgan fingerprint density at radius 2 is 2.50 bits per heavy atom. The number of ether oxygens (including phenoxy) is 1. The summed E-state index contributed by atoms with van der Waals surface area (Å²) >= 11 is 0. The Morgan fingerprint density at radius 1 is 1.75 bits per heavy atom. The van der Waals surface area contributed by atoms with Crippen molar-refractivity contribution >= 4 is 5.69 Å². The van der Waals surface area contributed by atoms with Gasteiger partial charge in [0.15, 0.2) is 0 Å². The second-order valence-corrected chi connectivity index (χ2v) is 2.05. The van der Waals surface area contributed by atoms with Crippen molar-refractivity contribution in [1.82, 2.24) is 4.98 Å². The molecule has 1 aromatic rings. The van der Waals surface area contributed by atoms with Crippen LogP contribution in [0.25, 0.3) is 0 Å². The van der Waals surface area contributed by atoms with Crippen LogP contribution in [0.4, 0.5) is 5.69 Å². The lowest BCUT2D eigenvalue weighted by Crippen LogP contribution is -2.09. The molecule has 0 amide bonds. The van der Waals surface area contributed by atoms with Crippen LogP contribution in [0.15, 0.2) is 18.5 Å². The first-order chi connectivity index (χ1) is 5.75. The number of hydrogen-bond donors (Lipinski definition) is 1. The molecule has 0 aliphatic carbocycles. The first kappa shape index (κ1) is 8.76. The summed E-state index contributed by atoms with van der Waals surface area (Å²) in [6.07, 6.45) is 2.72. The molecule has 12 heavy (non-hydrogen) atoms. The van der Waals surface area contributed by atoms with Crippen molar-refractivity contribution < 1.29 is 9.94 Å². The van der Waals surface area contributed by atoms with E-state index in [-0.39, 0.29) is 10.9 Å². The minimum atomic E-state index is -0.266. The van der Waals surface area contributed by atoms with Gasteiger partial charge in [0.2, 0.25) is 0 Å². The second-order valence-electron chi connectivity index (χ2n) is 2.05. The van der Waals surface area contributed by atoms with Crippen LogP contribution in [-0.4, -0.2) is 16.8 Å². The van der Waals surface area contributed by atoms with Crippen LogP contribution in [0, 0.1) is 5.21 Å². The molecule has 0 fully saturated rings. The number of hydrogen-bond acceptors (Lipinski definition) is 5. The standard InChI is InChI=1S/C7H9N2O3/c1-2-12-7-3-4-8-5-6(7)9(10)11/h3-5,10H,2H2,1H3/q-1. The Morgan fingerprint density at radius 3 is 3.08 bits per heavy atom. The highest BCUT2D eigenvalue weighted by molar-refractivity contribution is 5.54. The zero-order valence-corrected chi connectivity index (χ0v) is 6.60. The maximum Gasteiger partial charge on any atom is 0.147 e. The Balaban J connectivity index is 2.92. The highest BCUT2D eigenvalue weighted by atomic mass is 16.8. The van der Waals surface area contributed by atoms with E-state index in [2.05, 4.69) is 4.98 Å². The molecule has 0 saturated heterocycles. The van der Waals surface area contributed by atoms with Gasteiger partial charge in [-0.1, -0.05) is 0 Å². The van der Waals surface area contributed by atoms with E-state index in [1.54, 1.807) is 6.92 Å². The summed E-state index contributed by atoms with van der Waals surface area (Å²) in [5.41, 5.74) is 0.0133. The topological polar surface area (TPSA) is 68.7 Å². The molecular weight excluding hydrogens is 160 g/mol. The first-order valence-electron chi connectivity index (χ1n) is 3.48. The van der Waals surface area contributed by atoms with Gasteiger partial charge in [-0.2, -0.15) is 0 Å². The molecule has 1 heterocycles. The highest BCUT2D eigenvalue weighted by Crippen LogP contribution is 2.24. The maximum atomic E-state index is 10.5. The van der Waals surface area contributed by atoms with Gasteiger partial charge in [0.05, 0.1) is 12.8 Å². The summed E-state index contributed by atoms with van der Waals surface area (Å²) in [6.45, 7) is 2.22. The number of aromatic nitrogens is 1. The van der Waals surface area contributed by atoms with Crippen molar-refractivity contribution in [2.24, 2.45) is 0 Å². The van der Waals surface area contributed by atoms with Crippen molar-refractivity contribution in [3.8, 4) is 5.75 Å². The molecule has 0 unspecified atom stereocenters. The number of rotatable bonds is 3. The Labute approximate surface area is 69.8 Å². The van der Waals surface area contributed by atoms with Crippen molar-refractivity contribution in [2.45, 2.75) is 6.92 Å². The quantitative estimate of drug-likeness (QED) is 0.688. The minimum absolute atomic E-state index is 0.0133. The number of nitrogens with zero attached hydrogens (tertiary/aromatic N) is 2. The SMILES string of the molecule is CCOc1ccncc1N([O-])O. The van der Waals surface area contributed by atoms with Crippen molar-refractivity contribution in [2.75, 3.05) is 11.8 Å². The van der Waals surface area contributed by atoms with Crippen LogP contribution in [0.2, 0.25) is 0 Å². The second kappa shape index (κ2) is 3.89. The van der Waals surface area contributed by atoms with Crippen molar-refractivity contribution in [3.63, 3.8) is 0 Å². The summed E-state index contributed by atoms with van der Waals surface area (Å²) in [5, 5.41) is 18.8. The fraction of sp³-hybridized carbons (Fsp3) is 0.286. The van der Waals surface area contributed by atoms with Gasteiger partial charge in [-0.3, -0.25) is 10.2 Å². The fourth-order valence-corrected chi connectivity index (χ4v) is 0.795. The van der Waals surface area contributed by atoms with E-state index in [9.17, 15) is 5.21 Å². The first-order valence-corrected chi connectivity index (χ1v) is 3.48. The molecule has 0 atom stereocenters. The van der Waals surface area contributed by atoms with Crippen molar-refractivity contribution in [1.29, 1.82) is 0 Å². The molecule has 0 radical (unpaired) electrons. The molecule has 1 N–H and O–H groups in total. The predicted octanol–water partition coefficient (Wildman–Crippen LogP) is 1.17. The van der Waals surface area contributed by atoms with Gasteiger partial charge >= 0.3 is 0 Å². The molecule has 1 rings (SSSR count). The van der Waals surface area contributed by atoms with E-state index in [4.69, 9.17) is 9.94 Å². The Kier molecular flexibility index (Phi) is 2.84. The Hall–Kier alpha value is -1.33. The van der Waals surface area contributed by atoms with Crippen LogP contribution >= 0.6 is 0 Å². The van der Waals surface area contributed by atoms with Crippen LogP contribution < -0.4 is 9.96 Å². The van der Waals surface area contributed by atoms with Gasteiger partial charge in [-0.15, -0.1) is 0 Å². The van der Waals surface area contributed by atoms with E-state index in [0.717, 1.165) is 0 Å². The molecule has 0 aromatic carbocycles. The molecule has 0 saturated carbocycles. The van der Waals surface area contributed by atoms with Crippen LogP contribution in [0.1, 0.15) is 6.92 Å². The van der Waals surface area contributed by atoms with Crippen LogP contribution in [0.3, 0.4) is 0 Å². The highest BCUT2D eigenvalue weighted by Gasteiger charge is 2.01. The normalized spacial score (nSPS) is 9.58. The largest absolute Gasteiger partial charge is 0.733 e. The van der Waals surface area contributed by atoms with E-state index in [1.807, 2.05) is 0 Å². The van der Waals surface area contributed by atoms with E-state index in [1.165, 1.54) is 18.5 Å². The monoisotopic (exact) mass is 169 g/mol. The lowest BCUT2D eigenvalue weighted by molar-refractivity contribution is 0.283. The van der Waals surface area contributed by atoms with Gasteiger partial charge in [0.25, 0.3) is 0 Å². The Bertz CT molecular complexity index is 252. The molecule has 0 aliphatic heterocycles. The molecule has 0 spiro atoms. The van der Waals surface area contributed by atoms with Crippen LogP contribution in [-0.2, 0) is 0 Å². The summed E-state index contributed by atoms with van der Waals surface area (Å²) in [5.74, 6) is 0.324. The summed E-state index contributed by atoms with van der Waals surface area (Å²) < 4.78 is 5.06. The lowest BCUT2D eigenvalue weighted by atomic mass is 10.4. The fourth-order valence-electron chi connectivity index (χ4n) is 0.795. The smallest absolute Gasteiger partial charge is 0.147 e. The van der Waals surface area contributed by atoms with Gasteiger partial charge < -0.3 is 15.2 Å². The summed E-state index contributed by atoms with van der Waals surface area (Å²) in [4.78, 5) is 3.67. The zero-order valence-electron chi connectivity index (χ0n) is 6.60. The van der Waals surface area contributed by atoms with Gasteiger partial charge in [0.1, 0.15) is 11.4 Å². The van der Waals surface area contributed by atoms with Crippen LogP contribution in [0.5, 0.6) is 5.75 Å². The number of anilines is 1. The molecule has 5 heteroatoms. The van der Waals surface area contributed by atoms with Gasteiger partial charge in [-0.05, 0) is 6.92 Å². The average molecular weight is 169 g/mol. The predicted molar refractivity (Wildman–Crippen MR) is 43.0 cm³/mol. The van der Waals surface area contributed by atoms with E-state index in [0.29, 0.717) is 12.4 Å².